The number of phenols is 1. The van der Waals surface area contributed by atoms with Crippen LogP contribution in [0.3, 0.4) is 0 Å². The molecule has 1 aliphatic rings. The number of thioether (sulfide) groups is 1. The fraction of sp³-hybridized carbons (Fsp3) is 0.600. The summed E-state index contributed by atoms with van der Waals surface area (Å²) in [6.07, 6.45) is 3.85. The van der Waals surface area contributed by atoms with Crippen LogP contribution in [0.4, 0.5) is 0 Å². The molecule has 2 atom stereocenters. The van der Waals surface area contributed by atoms with E-state index in [1.54, 1.807) is 19.2 Å². The van der Waals surface area contributed by atoms with Crippen molar-refractivity contribution in [3.63, 3.8) is 0 Å². The van der Waals surface area contributed by atoms with E-state index < -0.39 is 0 Å². The molecule has 0 heterocycles. The molecular formula is C15H23NO2S. The summed E-state index contributed by atoms with van der Waals surface area (Å²) in [7, 11) is 1.65. The molecule has 0 radical (unpaired) electrons. The molecule has 1 aromatic rings. The molecule has 0 bridgehead atoms. The molecule has 1 fully saturated rings. The third-order valence-corrected chi connectivity index (χ3v) is 5.00. The molecule has 1 saturated carbocycles. The summed E-state index contributed by atoms with van der Waals surface area (Å²) in [4.78, 5) is 0. The first-order valence-corrected chi connectivity index (χ1v) is 8.00. The van der Waals surface area contributed by atoms with Crippen LogP contribution in [0.15, 0.2) is 18.2 Å². The first kappa shape index (κ1) is 14.5. The second-order valence-corrected chi connectivity index (χ2v) is 6.42. The summed E-state index contributed by atoms with van der Waals surface area (Å²) in [5.74, 6) is 2.30. The Hall–Kier alpha value is -0.870. The van der Waals surface area contributed by atoms with Gasteiger partial charge < -0.3 is 15.2 Å². The van der Waals surface area contributed by atoms with Crippen LogP contribution in [-0.4, -0.2) is 29.3 Å². The van der Waals surface area contributed by atoms with Crippen LogP contribution in [0, 0.1) is 0 Å². The van der Waals surface area contributed by atoms with E-state index in [1.807, 2.05) is 17.8 Å². The third kappa shape index (κ3) is 3.80. The van der Waals surface area contributed by atoms with Crippen LogP contribution in [0.2, 0.25) is 0 Å². The van der Waals surface area contributed by atoms with Crippen molar-refractivity contribution in [1.82, 2.24) is 5.32 Å². The Balaban J connectivity index is 1.94. The van der Waals surface area contributed by atoms with Gasteiger partial charge in [0.05, 0.1) is 7.11 Å². The van der Waals surface area contributed by atoms with Crippen LogP contribution in [-0.2, 0) is 6.54 Å². The molecular weight excluding hydrogens is 258 g/mol. The van der Waals surface area contributed by atoms with E-state index in [2.05, 4.69) is 12.2 Å². The number of ether oxygens (including phenoxy) is 1. The number of phenolic OH excluding ortho intramolecular Hbond substituents is 1. The van der Waals surface area contributed by atoms with E-state index in [1.165, 1.54) is 25.0 Å². The fourth-order valence-corrected chi connectivity index (χ4v) is 3.87. The largest absolute Gasteiger partial charge is 0.508 e. The van der Waals surface area contributed by atoms with E-state index in [0.29, 0.717) is 18.3 Å². The van der Waals surface area contributed by atoms with E-state index in [-0.39, 0.29) is 0 Å². The van der Waals surface area contributed by atoms with Gasteiger partial charge in [0.25, 0.3) is 0 Å². The standard InChI is InChI=1S/C15H23NO2S/c1-3-19-15-6-4-5-13(15)16-10-11-9-12(18-2)7-8-14(11)17/h7-9,13,15-17H,3-6,10H2,1-2H3. The maximum absolute atomic E-state index is 9.87. The Kier molecular flexibility index (Phi) is 5.40. The minimum Gasteiger partial charge on any atom is -0.508 e. The van der Waals surface area contributed by atoms with Gasteiger partial charge in [0.2, 0.25) is 0 Å². The number of methoxy groups -OCH3 is 1. The minimum absolute atomic E-state index is 0.339. The molecule has 0 saturated heterocycles. The second kappa shape index (κ2) is 7.06. The number of aromatic hydroxyl groups is 1. The van der Waals surface area contributed by atoms with Gasteiger partial charge in [-0.3, -0.25) is 0 Å². The summed E-state index contributed by atoms with van der Waals surface area (Å²) >= 11 is 2.04. The van der Waals surface area contributed by atoms with E-state index in [4.69, 9.17) is 4.74 Å². The molecule has 2 unspecified atom stereocenters. The highest BCUT2D eigenvalue weighted by Gasteiger charge is 2.26. The predicted molar refractivity (Wildman–Crippen MR) is 81.1 cm³/mol. The van der Waals surface area contributed by atoms with E-state index >= 15 is 0 Å². The highest BCUT2D eigenvalue weighted by molar-refractivity contribution is 7.99. The van der Waals surface area contributed by atoms with Crippen molar-refractivity contribution in [2.75, 3.05) is 12.9 Å². The second-order valence-electron chi connectivity index (χ2n) is 4.91. The summed E-state index contributed by atoms with van der Waals surface area (Å²) in [5.41, 5.74) is 0.909. The molecule has 0 aliphatic heterocycles. The molecule has 2 rings (SSSR count). The molecule has 4 heteroatoms. The van der Waals surface area contributed by atoms with Crippen molar-refractivity contribution >= 4 is 11.8 Å². The van der Waals surface area contributed by atoms with Gasteiger partial charge in [-0.05, 0) is 36.8 Å². The highest BCUT2D eigenvalue weighted by atomic mass is 32.2. The zero-order valence-electron chi connectivity index (χ0n) is 11.7. The van der Waals surface area contributed by atoms with Crippen molar-refractivity contribution in [2.24, 2.45) is 0 Å². The Morgan fingerprint density at radius 1 is 1.42 bits per heavy atom. The molecule has 1 aromatic carbocycles. The lowest BCUT2D eigenvalue weighted by molar-refractivity contribution is 0.409. The lowest BCUT2D eigenvalue weighted by Gasteiger charge is -2.20. The summed E-state index contributed by atoms with van der Waals surface area (Å²) in [6.45, 7) is 2.92. The molecule has 0 aromatic heterocycles. The van der Waals surface area contributed by atoms with Crippen LogP contribution in [0.1, 0.15) is 31.7 Å². The van der Waals surface area contributed by atoms with Crippen molar-refractivity contribution in [3.05, 3.63) is 23.8 Å². The lowest BCUT2D eigenvalue weighted by atomic mass is 10.1. The van der Waals surface area contributed by atoms with Gasteiger partial charge in [0.1, 0.15) is 11.5 Å². The van der Waals surface area contributed by atoms with E-state index in [0.717, 1.165) is 16.6 Å². The summed E-state index contributed by atoms with van der Waals surface area (Å²) in [6, 6.07) is 5.95. The van der Waals surface area contributed by atoms with Crippen LogP contribution in [0.5, 0.6) is 11.5 Å². The van der Waals surface area contributed by atoms with Crippen LogP contribution >= 0.6 is 11.8 Å². The first-order chi connectivity index (χ1) is 9.24. The number of nitrogens with one attached hydrogen (secondary N) is 1. The Labute approximate surface area is 119 Å². The van der Waals surface area contributed by atoms with E-state index in [9.17, 15) is 5.11 Å². The van der Waals surface area contributed by atoms with Gasteiger partial charge in [0, 0.05) is 23.4 Å². The number of hydrogen-bond donors (Lipinski definition) is 2. The van der Waals surface area contributed by atoms with Gasteiger partial charge in [-0.15, -0.1) is 0 Å². The average Bonchev–Trinajstić information content (AvgIpc) is 2.86. The molecule has 3 nitrogen and oxygen atoms in total. The van der Waals surface area contributed by atoms with Crippen LogP contribution in [0.25, 0.3) is 0 Å². The molecule has 106 valence electrons. The van der Waals surface area contributed by atoms with Gasteiger partial charge in [0.15, 0.2) is 0 Å². The Morgan fingerprint density at radius 3 is 3.00 bits per heavy atom. The number of hydrogen-bond acceptors (Lipinski definition) is 4. The van der Waals surface area contributed by atoms with Gasteiger partial charge in [-0.1, -0.05) is 13.3 Å². The Bertz CT molecular complexity index is 411. The zero-order valence-corrected chi connectivity index (χ0v) is 12.5. The molecule has 0 spiro atoms. The lowest BCUT2D eigenvalue weighted by Crippen LogP contribution is -2.33. The van der Waals surface area contributed by atoms with Crippen molar-refractivity contribution in [2.45, 2.75) is 44.0 Å². The van der Waals surface area contributed by atoms with Crippen LogP contribution < -0.4 is 10.1 Å². The maximum Gasteiger partial charge on any atom is 0.120 e. The van der Waals surface area contributed by atoms with Crippen molar-refractivity contribution in [1.29, 1.82) is 0 Å². The normalized spacial score (nSPS) is 22.6. The topological polar surface area (TPSA) is 41.5 Å². The smallest absolute Gasteiger partial charge is 0.120 e. The SMILES string of the molecule is CCSC1CCCC1NCc1cc(OC)ccc1O. The summed E-state index contributed by atoms with van der Waals surface area (Å²) in [5, 5.41) is 14.2. The zero-order chi connectivity index (χ0) is 13.7. The summed E-state index contributed by atoms with van der Waals surface area (Å²) < 4.78 is 5.20. The average molecular weight is 281 g/mol. The molecule has 0 amide bonds. The molecule has 19 heavy (non-hydrogen) atoms. The quantitative estimate of drug-likeness (QED) is 0.840. The van der Waals surface area contributed by atoms with Gasteiger partial charge >= 0.3 is 0 Å². The maximum atomic E-state index is 9.87. The van der Waals surface area contributed by atoms with Gasteiger partial charge in [-0.25, -0.2) is 0 Å². The molecule has 2 N–H and O–H groups in total. The minimum atomic E-state index is 0.339. The number of rotatable bonds is 6. The Morgan fingerprint density at radius 2 is 2.26 bits per heavy atom. The fourth-order valence-electron chi connectivity index (χ4n) is 2.64. The third-order valence-electron chi connectivity index (χ3n) is 3.67. The predicted octanol–water partition coefficient (Wildman–Crippen LogP) is 3.16. The van der Waals surface area contributed by atoms with Gasteiger partial charge in [-0.2, -0.15) is 11.8 Å². The number of benzene rings is 1. The monoisotopic (exact) mass is 281 g/mol. The highest BCUT2D eigenvalue weighted by Crippen LogP contribution is 2.30. The molecule has 1 aliphatic carbocycles. The van der Waals surface area contributed by atoms with Crippen molar-refractivity contribution < 1.29 is 9.84 Å². The van der Waals surface area contributed by atoms with Crippen molar-refractivity contribution in [3.8, 4) is 11.5 Å². The first-order valence-electron chi connectivity index (χ1n) is 6.95.